The Labute approximate surface area is 76.7 Å². The molecular weight excluding hydrogens is 200 g/mol. The maximum absolute atomic E-state index is 10.7. The van der Waals surface area contributed by atoms with Crippen molar-refractivity contribution in [3.05, 3.63) is 12.7 Å². The molecule has 78 valence electrons. The Morgan fingerprint density at radius 3 is 2.54 bits per heavy atom. The Kier molecular flexibility index (Phi) is 5.84. The minimum atomic E-state index is -4.09. The van der Waals surface area contributed by atoms with Crippen molar-refractivity contribution in [3.63, 3.8) is 0 Å². The molecule has 0 amide bonds. The Hall–Kier alpha value is -0.470. The molecule has 0 aliphatic carbocycles. The fourth-order valence-electron chi connectivity index (χ4n) is 0.380. The summed E-state index contributed by atoms with van der Waals surface area (Å²) in [7, 11) is -4.09. The van der Waals surface area contributed by atoms with Gasteiger partial charge in [-0.1, -0.05) is 6.08 Å². The Morgan fingerprint density at radius 2 is 2.08 bits per heavy atom. The SMILES string of the molecule is C=CCOS(=O)(=O)OCC(O)CO. The van der Waals surface area contributed by atoms with Crippen molar-refractivity contribution in [1.29, 1.82) is 0 Å². The average Bonchev–Trinajstić information content (AvgIpc) is 2.11. The molecule has 0 aromatic heterocycles. The maximum atomic E-state index is 10.7. The highest BCUT2D eigenvalue weighted by Gasteiger charge is 2.13. The number of hydrogen-bond donors (Lipinski definition) is 2. The van der Waals surface area contributed by atoms with Gasteiger partial charge in [0.1, 0.15) is 6.10 Å². The van der Waals surface area contributed by atoms with Crippen molar-refractivity contribution >= 4 is 10.4 Å². The van der Waals surface area contributed by atoms with Gasteiger partial charge in [0.25, 0.3) is 0 Å². The van der Waals surface area contributed by atoms with E-state index < -0.39 is 29.7 Å². The molecule has 0 rings (SSSR count). The summed E-state index contributed by atoms with van der Waals surface area (Å²) in [5.41, 5.74) is 0. The summed E-state index contributed by atoms with van der Waals surface area (Å²) in [5, 5.41) is 17.1. The molecule has 0 radical (unpaired) electrons. The fourth-order valence-corrected chi connectivity index (χ4v) is 1.03. The normalized spacial score (nSPS) is 14.0. The van der Waals surface area contributed by atoms with Crippen LogP contribution in [0, 0.1) is 0 Å². The fraction of sp³-hybridized carbons (Fsp3) is 0.667. The average molecular weight is 212 g/mol. The van der Waals surface area contributed by atoms with E-state index in [1.54, 1.807) is 0 Å². The first-order valence-corrected chi connectivity index (χ1v) is 4.78. The molecule has 0 saturated carbocycles. The molecule has 0 fully saturated rings. The first-order chi connectivity index (χ1) is 6.02. The zero-order valence-electron chi connectivity index (χ0n) is 6.92. The first-order valence-electron chi connectivity index (χ1n) is 3.45. The minimum absolute atomic E-state index is 0.197. The van der Waals surface area contributed by atoms with E-state index in [-0.39, 0.29) is 6.61 Å². The molecule has 0 bridgehead atoms. The molecule has 0 heterocycles. The second-order valence-electron chi connectivity index (χ2n) is 2.10. The van der Waals surface area contributed by atoms with Crippen molar-refractivity contribution in [2.75, 3.05) is 19.8 Å². The van der Waals surface area contributed by atoms with E-state index in [1.807, 2.05) is 0 Å². The third-order valence-corrected chi connectivity index (χ3v) is 1.80. The van der Waals surface area contributed by atoms with Gasteiger partial charge in [0, 0.05) is 0 Å². The monoisotopic (exact) mass is 212 g/mol. The molecule has 0 spiro atoms. The Bertz CT molecular complexity index is 234. The van der Waals surface area contributed by atoms with Crippen LogP contribution in [0.4, 0.5) is 0 Å². The molecule has 2 N–H and O–H groups in total. The largest absolute Gasteiger partial charge is 0.400 e. The predicted molar refractivity (Wildman–Crippen MR) is 44.1 cm³/mol. The van der Waals surface area contributed by atoms with Gasteiger partial charge in [0.2, 0.25) is 0 Å². The van der Waals surface area contributed by atoms with Crippen LogP contribution in [-0.4, -0.2) is 44.6 Å². The van der Waals surface area contributed by atoms with E-state index in [2.05, 4.69) is 14.9 Å². The van der Waals surface area contributed by atoms with E-state index >= 15 is 0 Å². The van der Waals surface area contributed by atoms with Gasteiger partial charge < -0.3 is 10.2 Å². The summed E-state index contributed by atoms with van der Waals surface area (Å²) in [6, 6.07) is 0. The maximum Gasteiger partial charge on any atom is 0.400 e. The van der Waals surface area contributed by atoms with Crippen molar-refractivity contribution in [1.82, 2.24) is 0 Å². The highest BCUT2D eigenvalue weighted by molar-refractivity contribution is 7.81. The molecule has 7 heteroatoms. The van der Waals surface area contributed by atoms with Crippen molar-refractivity contribution in [2.45, 2.75) is 6.10 Å². The molecule has 1 atom stereocenters. The molecule has 13 heavy (non-hydrogen) atoms. The Balaban J connectivity index is 3.82. The second-order valence-corrected chi connectivity index (χ2v) is 3.39. The standard InChI is InChI=1S/C6H12O6S/c1-2-3-11-13(9,10)12-5-6(8)4-7/h2,6-8H,1,3-5H2. The molecule has 0 aliphatic heterocycles. The smallest absolute Gasteiger partial charge is 0.394 e. The van der Waals surface area contributed by atoms with Crippen LogP contribution in [0.1, 0.15) is 0 Å². The van der Waals surface area contributed by atoms with Crippen molar-refractivity contribution in [3.8, 4) is 0 Å². The van der Waals surface area contributed by atoms with Crippen LogP contribution in [0.5, 0.6) is 0 Å². The van der Waals surface area contributed by atoms with Gasteiger partial charge in [-0.15, -0.1) is 6.58 Å². The zero-order chi connectivity index (χ0) is 10.3. The quantitative estimate of drug-likeness (QED) is 0.515. The lowest BCUT2D eigenvalue weighted by Gasteiger charge is -2.07. The summed E-state index contributed by atoms with van der Waals surface area (Å²) < 4.78 is 29.8. The molecule has 6 nitrogen and oxygen atoms in total. The first kappa shape index (κ1) is 12.5. The third-order valence-electron chi connectivity index (χ3n) is 0.946. The van der Waals surface area contributed by atoms with E-state index in [4.69, 9.17) is 10.2 Å². The van der Waals surface area contributed by atoms with Gasteiger partial charge in [-0.25, -0.2) is 8.37 Å². The summed E-state index contributed by atoms with van der Waals surface area (Å²) >= 11 is 0. The lowest BCUT2D eigenvalue weighted by Crippen LogP contribution is -2.23. The summed E-state index contributed by atoms with van der Waals surface area (Å²) in [6.45, 7) is 1.94. The number of hydrogen-bond acceptors (Lipinski definition) is 6. The highest BCUT2D eigenvalue weighted by atomic mass is 32.3. The number of aliphatic hydroxyl groups excluding tert-OH is 2. The van der Waals surface area contributed by atoms with Crippen LogP contribution in [0.25, 0.3) is 0 Å². The molecule has 1 unspecified atom stereocenters. The lowest BCUT2D eigenvalue weighted by atomic mass is 10.4. The molecule has 0 aromatic rings. The van der Waals surface area contributed by atoms with Gasteiger partial charge in [0.05, 0.1) is 19.8 Å². The number of aliphatic hydroxyl groups is 2. The van der Waals surface area contributed by atoms with Crippen LogP contribution in [0.3, 0.4) is 0 Å². The van der Waals surface area contributed by atoms with Crippen LogP contribution in [0.15, 0.2) is 12.7 Å². The molecule has 0 aromatic carbocycles. The topological polar surface area (TPSA) is 93.1 Å². The van der Waals surface area contributed by atoms with Crippen molar-refractivity contribution in [2.24, 2.45) is 0 Å². The van der Waals surface area contributed by atoms with Gasteiger partial charge in [-0.05, 0) is 0 Å². The van der Waals surface area contributed by atoms with Crippen LogP contribution in [0.2, 0.25) is 0 Å². The Morgan fingerprint density at radius 1 is 1.46 bits per heavy atom. The molecule has 0 saturated heterocycles. The summed E-state index contributed by atoms with van der Waals surface area (Å²) in [6.07, 6.45) is 0.00530. The van der Waals surface area contributed by atoms with Crippen LogP contribution >= 0.6 is 0 Å². The van der Waals surface area contributed by atoms with Gasteiger partial charge in [0.15, 0.2) is 0 Å². The van der Waals surface area contributed by atoms with E-state index in [0.29, 0.717) is 0 Å². The van der Waals surface area contributed by atoms with E-state index in [9.17, 15) is 8.42 Å². The number of rotatable bonds is 7. The summed E-state index contributed by atoms with van der Waals surface area (Å²) in [5.74, 6) is 0. The zero-order valence-corrected chi connectivity index (χ0v) is 7.74. The van der Waals surface area contributed by atoms with Gasteiger partial charge in [-0.3, -0.25) is 0 Å². The molecular formula is C6H12O6S. The van der Waals surface area contributed by atoms with Crippen LogP contribution < -0.4 is 0 Å². The predicted octanol–water partition coefficient (Wildman–Crippen LogP) is -1.20. The van der Waals surface area contributed by atoms with E-state index in [0.717, 1.165) is 0 Å². The summed E-state index contributed by atoms with van der Waals surface area (Å²) in [4.78, 5) is 0. The lowest BCUT2D eigenvalue weighted by molar-refractivity contribution is 0.0496. The minimum Gasteiger partial charge on any atom is -0.394 e. The van der Waals surface area contributed by atoms with Crippen molar-refractivity contribution < 1.29 is 27.0 Å². The van der Waals surface area contributed by atoms with Gasteiger partial charge in [-0.2, -0.15) is 8.42 Å². The van der Waals surface area contributed by atoms with Gasteiger partial charge >= 0.3 is 10.4 Å². The molecule has 0 aliphatic rings. The van der Waals surface area contributed by atoms with Crippen LogP contribution in [-0.2, 0) is 18.8 Å². The second kappa shape index (κ2) is 6.06. The highest BCUT2D eigenvalue weighted by Crippen LogP contribution is 1.97. The third kappa shape index (κ3) is 6.67. The van der Waals surface area contributed by atoms with E-state index in [1.165, 1.54) is 6.08 Å².